The monoisotopic (exact) mass is 294 g/mol. The van der Waals surface area contributed by atoms with Crippen LogP contribution in [0.3, 0.4) is 0 Å². The molecule has 6 atom stereocenters. The largest absolute Gasteiger partial charge is 0.392 e. The zero-order valence-corrected chi connectivity index (χ0v) is 12.8. The zero-order valence-electron chi connectivity index (χ0n) is 12.8. The molecule has 0 spiro atoms. The van der Waals surface area contributed by atoms with E-state index in [1.165, 1.54) is 6.08 Å². The Kier molecular flexibility index (Phi) is 5.04. The van der Waals surface area contributed by atoms with Crippen molar-refractivity contribution in [3.63, 3.8) is 0 Å². The maximum absolute atomic E-state index is 10.4. The van der Waals surface area contributed by atoms with Crippen molar-refractivity contribution in [3.8, 4) is 0 Å². The topological polar surface area (TPSA) is 58.9 Å². The van der Waals surface area contributed by atoms with Gasteiger partial charge < -0.3 is 19.7 Å². The van der Waals surface area contributed by atoms with Crippen molar-refractivity contribution in [3.05, 3.63) is 37.5 Å². The third kappa shape index (κ3) is 3.46. The second-order valence-electron chi connectivity index (χ2n) is 6.29. The number of hydrogen-bond donors (Lipinski definition) is 2. The van der Waals surface area contributed by atoms with Crippen LogP contribution in [0.2, 0.25) is 0 Å². The molecule has 0 aromatic rings. The van der Waals surface area contributed by atoms with E-state index >= 15 is 0 Å². The van der Waals surface area contributed by atoms with Crippen LogP contribution >= 0.6 is 0 Å². The van der Waals surface area contributed by atoms with Gasteiger partial charge in [0.1, 0.15) is 0 Å². The van der Waals surface area contributed by atoms with Gasteiger partial charge in [0.05, 0.1) is 24.4 Å². The standard InChI is InChI=1S/C17H26O4/c1-5-8-14(19)12-10-7-9-11(13(18)6-2)15-16(12)21-17(3,4)20-15/h5-7,9,11-16,18-19H,1-2,8,10H2,3-4H3/t11-,12-,13+,14+,15-,16+/m0/s1. The smallest absolute Gasteiger partial charge is 0.163 e. The Morgan fingerprint density at radius 2 is 1.95 bits per heavy atom. The fourth-order valence-corrected chi connectivity index (χ4v) is 3.27. The third-order valence-corrected chi connectivity index (χ3v) is 4.27. The molecule has 1 fully saturated rings. The van der Waals surface area contributed by atoms with Crippen molar-refractivity contribution in [1.82, 2.24) is 0 Å². The van der Waals surface area contributed by atoms with Gasteiger partial charge in [0.2, 0.25) is 0 Å². The third-order valence-electron chi connectivity index (χ3n) is 4.27. The first-order chi connectivity index (χ1) is 9.89. The Morgan fingerprint density at radius 3 is 2.57 bits per heavy atom. The van der Waals surface area contributed by atoms with Crippen molar-refractivity contribution in [2.45, 2.75) is 56.9 Å². The quantitative estimate of drug-likeness (QED) is 0.763. The van der Waals surface area contributed by atoms with E-state index < -0.39 is 18.0 Å². The van der Waals surface area contributed by atoms with Gasteiger partial charge in [-0.15, -0.1) is 13.2 Å². The van der Waals surface area contributed by atoms with Crippen LogP contribution < -0.4 is 0 Å². The molecule has 0 radical (unpaired) electrons. The number of allylic oxidation sites excluding steroid dienone is 1. The summed E-state index contributed by atoms with van der Waals surface area (Å²) >= 11 is 0. The SMILES string of the molecule is C=CC[C@@H](O)[C@@H]1CC=C[C@@H]([C@H](O)C=C)[C@@H]2OC(C)(C)O[C@H]12. The van der Waals surface area contributed by atoms with E-state index in [9.17, 15) is 10.2 Å². The van der Waals surface area contributed by atoms with Crippen LogP contribution in [0.4, 0.5) is 0 Å². The summed E-state index contributed by atoms with van der Waals surface area (Å²) in [6.45, 7) is 11.1. The van der Waals surface area contributed by atoms with Crippen molar-refractivity contribution < 1.29 is 19.7 Å². The maximum Gasteiger partial charge on any atom is 0.163 e. The molecule has 0 aromatic carbocycles. The number of fused-ring (bicyclic) bond motifs is 1. The number of ether oxygens (including phenoxy) is 2. The lowest BCUT2D eigenvalue weighted by Crippen LogP contribution is -2.42. The number of hydrogen-bond acceptors (Lipinski definition) is 4. The summed E-state index contributed by atoms with van der Waals surface area (Å²) in [5.41, 5.74) is 0. The van der Waals surface area contributed by atoms with E-state index in [1.54, 1.807) is 6.08 Å². The second kappa shape index (κ2) is 6.44. The summed E-state index contributed by atoms with van der Waals surface area (Å²) in [5, 5.41) is 20.5. The Hall–Kier alpha value is -0.940. The number of aliphatic hydroxyl groups is 2. The van der Waals surface area contributed by atoms with Crippen LogP contribution in [0.1, 0.15) is 26.7 Å². The molecule has 0 bridgehead atoms. The second-order valence-corrected chi connectivity index (χ2v) is 6.29. The minimum Gasteiger partial charge on any atom is -0.392 e. The maximum atomic E-state index is 10.4. The molecule has 0 aromatic heterocycles. The van der Waals surface area contributed by atoms with Gasteiger partial charge in [0.15, 0.2) is 5.79 Å². The molecule has 1 heterocycles. The van der Waals surface area contributed by atoms with Crippen molar-refractivity contribution in [2.75, 3.05) is 0 Å². The molecule has 118 valence electrons. The number of aliphatic hydroxyl groups excluding tert-OH is 2. The van der Waals surface area contributed by atoms with Crippen molar-refractivity contribution in [2.24, 2.45) is 11.8 Å². The summed E-state index contributed by atoms with van der Waals surface area (Å²) in [7, 11) is 0. The Labute approximate surface area is 126 Å². The summed E-state index contributed by atoms with van der Waals surface area (Å²) in [6, 6.07) is 0. The van der Waals surface area contributed by atoms with Gasteiger partial charge >= 0.3 is 0 Å². The predicted molar refractivity (Wildman–Crippen MR) is 81.6 cm³/mol. The Balaban J connectivity index is 2.28. The Bertz CT molecular complexity index is 415. The van der Waals surface area contributed by atoms with E-state index in [4.69, 9.17) is 9.47 Å². The van der Waals surface area contributed by atoms with Crippen LogP contribution in [0.15, 0.2) is 37.5 Å². The predicted octanol–water partition coefficient (Wildman–Crippen LogP) is 2.18. The molecular weight excluding hydrogens is 268 g/mol. The fourth-order valence-electron chi connectivity index (χ4n) is 3.27. The zero-order chi connectivity index (χ0) is 15.6. The normalized spacial score (nSPS) is 37.3. The molecule has 4 nitrogen and oxygen atoms in total. The summed E-state index contributed by atoms with van der Waals surface area (Å²) in [6.07, 6.45) is 6.60. The van der Waals surface area contributed by atoms with E-state index in [1.807, 2.05) is 26.0 Å². The molecule has 1 saturated heterocycles. The first-order valence-electron chi connectivity index (χ1n) is 7.51. The van der Waals surface area contributed by atoms with Gasteiger partial charge in [-0.2, -0.15) is 0 Å². The highest BCUT2D eigenvalue weighted by atomic mass is 16.8. The van der Waals surface area contributed by atoms with Gasteiger partial charge in [0, 0.05) is 11.8 Å². The van der Waals surface area contributed by atoms with E-state index in [2.05, 4.69) is 13.2 Å². The number of rotatable bonds is 5. The molecule has 0 saturated carbocycles. The van der Waals surface area contributed by atoms with Crippen LogP contribution in [0, 0.1) is 11.8 Å². The molecule has 4 heteroatoms. The lowest BCUT2D eigenvalue weighted by atomic mass is 9.85. The molecule has 2 rings (SSSR count). The molecule has 1 aliphatic heterocycles. The lowest BCUT2D eigenvalue weighted by Gasteiger charge is -2.30. The van der Waals surface area contributed by atoms with Crippen LogP contribution in [-0.4, -0.2) is 40.4 Å². The van der Waals surface area contributed by atoms with Gasteiger partial charge in [-0.3, -0.25) is 0 Å². The van der Waals surface area contributed by atoms with Crippen molar-refractivity contribution >= 4 is 0 Å². The van der Waals surface area contributed by atoms with Gasteiger partial charge in [0.25, 0.3) is 0 Å². The lowest BCUT2D eigenvalue weighted by molar-refractivity contribution is -0.157. The summed E-state index contributed by atoms with van der Waals surface area (Å²) in [4.78, 5) is 0. The molecule has 0 amide bonds. The van der Waals surface area contributed by atoms with Gasteiger partial charge in [-0.1, -0.05) is 24.3 Å². The Morgan fingerprint density at radius 1 is 1.29 bits per heavy atom. The molecule has 1 aliphatic carbocycles. The van der Waals surface area contributed by atoms with Gasteiger partial charge in [-0.05, 0) is 26.7 Å². The van der Waals surface area contributed by atoms with E-state index in [0.717, 1.165) is 0 Å². The summed E-state index contributed by atoms with van der Waals surface area (Å²) < 4.78 is 12.0. The minimum absolute atomic E-state index is 0.0759. The highest BCUT2D eigenvalue weighted by Gasteiger charge is 2.50. The van der Waals surface area contributed by atoms with E-state index in [-0.39, 0.29) is 24.0 Å². The average molecular weight is 294 g/mol. The molecular formula is C17H26O4. The van der Waals surface area contributed by atoms with Crippen LogP contribution in [-0.2, 0) is 9.47 Å². The van der Waals surface area contributed by atoms with Crippen molar-refractivity contribution in [1.29, 1.82) is 0 Å². The molecule has 2 aliphatic rings. The van der Waals surface area contributed by atoms with Crippen LogP contribution in [0.25, 0.3) is 0 Å². The summed E-state index contributed by atoms with van der Waals surface area (Å²) in [5.74, 6) is -1.01. The highest BCUT2D eigenvalue weighted by molar-refractivity contribution is 5.10. The van der Waals surface area contributed by atoms with E-state index in [0.29, 0.717) is 12.8 Å². The molecule has 2 N–H and O–H groups in total. The first kappa shape index (κ1) is 16.4. The minimum atomic E-state index is -0.716. The van der Waals surface area contributed by atoms with Gasteiger partial charge in [-0.25, -0.2) is 0 Å². The van der Waals surface area contributed by atoms with Crippen LogP contribution in [0.5, 0.6) is 0 Å². The first-order valence-corrected chi connectivity index (χ1v) is 7.51. The molecule has 21 heavy (non-hydrogen) atoms. The highest BCUT2D eigenvalue weighted by Crippen LogP contribution is 2.41. The molecule has 0 unspecified atom stereocenters. The average Bonchev–Trinajstić information content (AvgIpc) is 2.63. The fraction of sp³-hybridized carbons (Fsp3) is 0.647.